The molecule has 0 aromatic heterocycles. The Hall–Kier alpha value is -1.18. The highest BCUT2D eigenvalue weighted by Crippen LogP contribution is 2.29. The molecule has 0 bridgehead atoms. The van der Waals surface area contributed by atoms with E-state index in [4.69, 9.17) is 5.26 Å². The topological polar surface area (TPSA) is 27.0 Å². The highest BCUT2D eigenvalue weighted by molar-refractivity contribution is 5.27. The third-order valence-corrected chi connectivity index (χ3v) is 1.24. The van der Waals surface area contributed by atoms with Gasteiger partial charge in [-0.25, -0.2) is 0 Å². The molecule has 2 nitrogen and oxygen atoms in total. The van der Waals surface area contributed by atoms with Gasteiger partial charge >= 0.3 is 6.18 Å². The number of hydrogen-bond acceptors (Lipinski definition) is 2. The molecule has 0 aliphatic carbocycles. The fraction of sp³-hybridized carbons (Fsp3) is 0.571. The van der Waals surface area contributed by atoms with Gasteiger partial charge in [-0.15, -0.1) is 0 Å². The Morgan fingerprint density at radius 1 is 1.33 bits per heavy atom. The van der Waals surface area contributed by atoms with Crippen LogP contribution in [-0.2, 0) is 0 Å². The van der Waals surface area contributed by atoms with Crippen molar-refractivity contribution >= 4 is 0 Å². The molecule has 0 fully saturated rings. The predicted octanol–water partition coefficient (Wildman–Crippen LogP) is 1.91. The summed E-state index contributed by atoms with van der Waals surface area (Å²) in [5.41, 5.74) is -1.22. The first kappa shape index (κ1) is 10.8. The molecule has 0 spiro atoms. The summed E-state index contributed by atoms with van der Waals surface area (Å²) >= 11 is 0. The molecule has 0 saturated heterocycles. The molecule has 0 radical (unpaired) electrons. The molecule has 0 heterocycles. The van der Waals surface area contributed by atoms with Gasteiger partial charge in [0.1, 0.15) is 5.70 Å². The summed E-state index contributed by atoms with van der Waals surface area (Å²) in [5.74, 6) is 0. The van der Waals surface area contributed by atoms with Crippen LogP contribution in [0.2, 0.25) is 0 Å². The number of rotatable bonds is 1. The minimum atomic E-state index is -4.46. The fourth-order valence-electron chi connectivity index (χ4n) is 0.855. The number of hydrogen-bond donors (Lipinski definition) is 0. The van der Waals surface area contributed by atoms with E-state index in [0.29, 0.717) is 0 Å². The minimum Gasteiger partial charge on any atom is -0.373 e. The maximum Gasteiger partial charge on any atom is 0.432 e. The summed E-state index contributed by atoms with van der Waals surface area (Å²) in [4.78, 5) is 0.887. The van der Waals surface area contributed by atoms with Crippen molar-refractivity contribution < 1.29 is 13.2 Å². The number of alkyl halides is 3. The first-order chi connectivity index (χ1) is 5.30. The summed E-state index contributed by atoms with van der Waals surface area (Å²) < 4.78 is 36.5. The molecule has 0 amide bonds. The van der Waals surface area contributed by atoms with Crippen LogP contribution in [0.15, 0.2) is 11.3 Å². The zero-order chi connectivity index (χ0) is 9.94. The van der Waals surface area contributed by atoms with E-state index in [9.17, 15) is 13.2 Å². The molecule has 0 atom stereocenters. The lowest BCUT2D eigenvalue weighted by atomic mass is 10.2. The second-order valence-electron chi connectivity index (χ2n) is 2.48. The van der Waals surface area contributed by atoms with Gasteiger partial charge in [-0.3, -0.25) is 0 Å². The molecule has 0 aromatic carbocycles. The summed E-state index contributed by atoms with van der Waals surface area (Å²) in [6.45, 7) is 1.14. The van der Waals surface area contributed by atoms with Gasteiger partial charge in [0.15, 0.2) is 0 Å². The Kier molecular flexibility index (Phi) is 3.14. The van der Waals surface area contributed by atoms with Crippen LogP contribution in [0.1, 0.15) is 6.92 Å². The van der Waals surface area contributed by atoms with Crippen LogP contribution in [0.3, 0.4) is 0 Å². The number of allylic oxidation sites excluding steroid dienone is 2. The van der Waals surface area contributed by atoms with E-state index in [2.05, 4.69) is 0 Å². The van der Waals surface area contributed by atoms with E-state index in [1.165, 1.54) is 20.2 Å². The van der Waals surface area contributed by atoms with E-state index in [0.717, 1.165) is 11.8 Å². The van der Waals surface area contributed by atoms with Gasteiger partial charge in [-0.05, 0) is 6.92 Å². The zero-order valence-corrected chi connectivity index (χ0v) is 7.03. The van der Waals surface area contributed by atoms with Gasteiger partial charge in [-0.1, -0.05) is 0 Å². The van der Waals surface area contributed by atoms with Gasteiger partial charge in [-0.2, -0.15) is 18.4 Å². The summed E-state index contributed by atoms with van der Waals surface area (Å²) in [6, 6.07) is 1.47. The molecule has 12 heavy (non-hydrogen) atoms. The van der Waals surface area contributed by atoms with Gasteiger partial charge < -0.3 is 4.90 Å². The predicted molar refractivity (Wildman–Crippen MR) is 38.1 cm³/mol. The molecule has 0 saturated carbocycles. The van der Waals surface area contributed by atoms with E-state index in [-0.39, 0.29) is 5.57 Å². The Bertz CT molecular complexity index is 232. The van der Waals surface area contributed by atoms with Crippen LogP contribution in [0.5, 0.6) is 0 Å². The smallest absolute Gasteiger partial charge is 0.373 e. The molecule has 0 aromatic rings. The molecular weight excluding hydrogens is 169 g/mol. The van der Waals surface area contributed by atoms with Crippen molar-refractivity contribution in [2.24, 2.45) is 0 Å². The standard InChI is InChI=1S/C7H9F3N2/c1-5(4-11)6(12(2)3)7(8,9)10/h1-3H3/b6-5+. The third-order valence-electron chi connectivity index (χ3n) is 1.24. The average Bonchev–Trinajstić information content (AvgIpc) is 1.83. The van der Waals surface area contributed by atoms with Crippen LogP contribution in [0, 0.1) is 11.3 Å². The van der Waals surface area contributed by atoms with Crippen molar-refractivity contribution in [2.75, 3.05) is 14.1 Å². The lowest BCUT2D eigenvalue weighted by Crippen LogP contribution is -2.26. The van der Waals surface area contributed by atoms with E-state index in [1.54, 1.807) is 0 Å². The van der Waals surface area contributed by atoms with Crippen LogP contribution in [0.25, 0.3) is 0 Å². The number of nitriles is 1. The zero-order valence-electron chi connectivity index (χ0n) is 7.03. The number of halogens is 3. The number of nitrogens with zero attached hydrogens (tertiary/aromatic N) is 2. The monoisotopic (exact) mass is 178 g/mol. The van der Waals surface area contributed by atoms with Gasteiger partial charge in [0.25, 0.3) is 0 Å². The second-order valence-corrected chi connectivity index (χ2v) is 2.48. The SMILES string of the molecule is C/C(C#N)=C(\N(C)C)C(F)(F)F. The molecule has 0 aliphatic heterocycles. The minimum absolute atomic E-state index is 0.326. The molecule has 5 heteroatoms. The van der Waals surface area contributed by atoms with Crippen molar-refractivity contribution in [1.29, 1.82) is 5.26 Å². The first-order valence-corrected chi connectivity index (χ1v) is 3.16. The molecule has 0 unspecified atom stereocenters. The molecule has 0 N–H and O–H groups in total. The van der Waals surface area contributed by atoms with Crippen molar-refractivity contribution in [3.05, 3.63) is 11.3 Å². The molecule has 0 rings (SSSR count). The Morgan fingerprint density at radius 2 is 1.75 bits per heavy atom. The van der Waals surface area contributed by atoms with Crippen LogP contribution < -0.4 is 0 Å². The van der Waals surface area contributed by atoms with Crippen LogP contribution in [-0.4, -0.2) is 25.2 Å². The van der Waals surface area contributed by atoms with Crippen molar-refractivity contribution in [2.45, 2.75) is 13.1 Å². The van der Waals surface area contributed by atoms with E-state index < -0.39 is 11.9 Å². The maximum atomic E-state index is 12.2. The first-order valence-electron chi connectivity index (χ1n) is 3.16. The summed E-state index contributed by atoms with van der Waals surface area (Å²) in [5, 5.41) is 8.28. The Labute approximate surface area is 68.9 Å². The van der Waals surface area contributed by atoms with Gasteiger partial charge in [0.2, 0.25) is 0 Å². The van der Waals surface area contributed by atoms with Gasteiger partial charge in [0, 0.05) is 14.1 Å². The van der Waals surface area contributed by atoms with Crippen molar-refractivity contribution in [1.82, 2.24) is 4.90 Å². The Balaban J connectivity index is 5.11. The van der Waals surface area contributed by atoms with Crippen LogP contribution >= 0.6 is 0 Å². The summed E-state index contributed by atoms with van der Waals surface area (Å²) in [6.07, 6.45) is -4.46. The third kappa shape index (κ3) is 2.46. The Morgan fingerprint density at radius 3 is 1.83 bits per heavy atom. The largest absolute Gasteiger partial charge is 0.432 e. The summed E-state index contributed by atoms with van der Waals surface area (Å²) in [7, 11) is 2.51. The molecule has 0 aliphatic rings. The lowest BCUT2D eigenvalue weighted by Gasteiger charge is -2.20. The van der Waals surface area contributed by atoms with E-state index >= 15 is 0 Å². The van der Waals surface area contributed by atoms with Crippen LogP contribution in [0.4, 0.5) is 13.2 Å². The lowest BCUT2D eigenvalue weighted by molar-refractivity contribution is -0.108. The maximum absolute atomic E-state index is 12.2. The highest BCUT2D eigenvalue weighted by Gasteiger charge is 2.37. The molecule has 68 valence electrons. The molecular formula is C7H9F3N2. The normalized spacial score (nSPS) is 13.4. The highest BCUT2D eigenvalue weighted by atomic mass is 19.4. The fourth-order valence-corrected chi connectivity index (χ4v) is 0.855. The van der Waals surface area contributed by atoms with E-state index in [1.807, 2.05) is 0 Å². The second kappa shape index (κ2) is 3.48. The quantitative estimate of drug-likeness (QED) is 0.573. The van der Waals surface area contributed by atoms with Crippen molar-refractivity contribution in [3.8, 4) is 6.07 Å². The van der Waals surface area contributed by atoms with Crippen molar-refractivity contribution in [3.63, 3.8) is 0 Å². The van der Waals surface area contributed by atoms with Gasteiger partial charge in [0.05, 0.1) is 11.6 Å². The average molecular weight is 178 g/mol.